The number of hydrogen-bond donors (Lipinski definition) is 2. The van der Waals surface area contributed by atoms with Gasteiger partial charge in [-0.2, -0.15) is 0 Å². The predicted molar refractivity (Wildman–Crippen MR) is 88.9 cm³/mol. The molecule has 8 heteroatoms. The molecule has 1 saturated heterocycles. The third-order valence-electron chi connectivity index (χ3n) is 4.36. The Bertz CT molecular complexity index is 794. The molecule has 1 aromatic carbocycles. The molecule has 2 heterocycles. The van der Waals surface area contributed by atoms with Gasteiger partial charge in [-0.1, -0.05) is 0 Å². The number of carbonyl (C=O) groups is 2. The highest BCUT2D eigenvalue weighted by atomic mass is 16.5. The second-order valence-electron chi connectivity index (χ2n) is 5.88. The minimum Gasteiger partial charge on any atom is -0.497 e. The molecule has 134 valence electrons. The van der Waals surface area contributed by atoms with Gasteiger partial charge in [-0.3, -0.25) is 14.5 Å². The van der Waals surface area contributed by atoms with Crippen molar-refractivity contribution in [2.24, 2.45) is 0 Å². The number of aromatic nitrogens is 1. The van der Waals surface area contributed by atoms with E-state index in [1.807, 2.05) is 4.90 Å². The van der Waals surface area contributed by atoms with Crippen molar-refractivity contribution >= 4 is 22.8 Å². The highest BCUT2D eigenvalue weighted by Crippen LogP contribution is 2.33. The van der Waals surface area contributed by atoms with Gasteiger partial charge < -0.3 is 24.3 Å². The molecule has 1 aromatic heterocycles. The first-order chi connectivity index (χ1) is 12.0. The molecular formula is C17H20N2O6. The number of nitrogens with zero attached hydrogens (tertiary/aromatic N) is 2. The number of aliphatic carboxylic acids is 2. The van der Waals surface area contributed by atoms with Crippen molar-refractivity contribution in [2.45, 2.75) is 12.6 Å². The summed E-state index contributed by atoms with van der Waals surface area (Å²) in [7, 11) is 1.53. The van der Waals surface area contributed by atoms with E-state index >= 15 is 0 Å². The Morgan fingerprint density at radius 1 is 1.28 bits per heavy atom. The van der Waals surface area contributed by atoms with Gasteiger partial charge in [0.25, 0.3) is 0 Å². The number of carboxylic acids is 2. The first kappa shape index (κ1) is 17.2. The molecule has 0 unspecified atom stereocenters. The fraction of sp³-hybridized carbons (Fsp3) is 0.412. The zero-order valence-corrected chi connectivity index (χ0v) is 13.8. The van der Waals surface area contributed by atoms with E-state index in [1.54, 1.807) is 29.0 Å². The Balaban J connectivity index is 2.14. The van der Waals surface area contributed by atoms with Gasteiger partial charge in [0.15, 0.2) is 0 Å². The molecule has 1 atom stereocenters. The van der Waals surface area contributed by atoms with E-state index in [4.69, 9.17) is 14.6 Å². The van der Waals surface area contributed by atoms with Crippen molar-refractivity contribution in [2.75, 3.05) is 33.4 Å². The first-order valence-corrected chi connectivity index (χ1v) is 7.94. The van der Waals surface area contributed by atoms with Crippen molar-refractivity contribution in [1.82, 2.24) is 9.47 Å². The molecule has 1 aliphatic heterocycles. The summed E-state index contributed by atoms with van der Waals surface area (Å²) < 4.78 is 12.1. The SMILES string of the molecule is COc1ccc2c(c1)c([C@H](C(=O)O)N1CCOCC1)cn2CC(=O)O. The number of morpholine rings is 1. The molecule has 2 N–H and O–H groups in total. The number of benzene rings is 1. The number of hydrogen-bond acceptors (Lipinski definition) is 5. The molecule has 0 spiro atoms. The van der Waals surface area contributed by atoms with Gasteiger partial charge in [-0.25, -0.2) is 0 Å². The summed E-state index contributed by atoms with van der Waals surface area (Å²) in [4.78, 5) is 25.0. The maximum atomic E-state index is 12.0. The van der Waals surface area contributed by atoms with Gasteiger partial charge in [-0.15, -0.1) is 0 Å². The Kier molecular flexibility index (Phi) is 4.91. The molecule has 3 rings (SSSR count). The first-order valence-electron chi connectivity index (χ1n) is 7.94. The van der Waals surface area contributed by atoms with Gasteiger partial charge in [0.1, 0.15) is 18.3 Å². The summed E-state index contributed by atoms with van der Waals surface area (Å²) in [6, 6.07) is 4.36. The number of ether oxygens (including phenoxy) is 2. The van der Waals surface area contributed by atoms with E-state index in [-0.39, 0.29) is 6.54 Å². The zero-order valence-electron chi connectivity index (χ0n) is 13.8. The second kappa shape index (κ2) is 7.12. The van der Waals surface area contributed by atoms with Gasteiger partial charge in [0.2, 0.25) is 0 Å². The monoisotopic (exact) mass is 348 g/mol. The van der Waals surface area contributed by atoms with Crippen LogP contribution in [0.5, 0.6) is 5.75 Å². The molecule has 1 aliphatic rings. The largest absolute Gasteiger partial charge is 0.497 e. The minimum absolute atomic E-state index is 0.238. The van der Waals surface area contributed by atoms with E-state index in [9.17, 15) is 14.7 Å². The summed E-state index contributed by atoms with van der Waals surface area (Å²) in [6.45, 7) is 1.72. The van der Waals surface area contributed by atoms with Crippen LogP contribution in [-0.4, -0.2) is 65.0 Å². The Labute approximate surface area is 144 Å². The molecule has 25 heavy (non-hydrogen) atoms. The minimum atomic E-state index is -0.988. The summed E-state index contributed by atoms with van der Waals surface area (Å²) in [6.07, 6.45) is 1.62. The third-order valence-corrected chi connectivity index (χ3v) is 4.36. The average Bonchev–Trinajstić information content (AvgIpc) is 2.92. The Morgan fingerprint density at radius 2 is 2.00 bits per heavy atom. The Hall–Kier alpha value is -2.58. The molecule has 0 saturated carbocycles. The normalized spacial score (nSPS) is 16.7. The molecule has 8 nitrogen and oxygen atoms in total. The highest BCUT2D eigenvalue weighted by molar-refractivity contribution is 5.91. The summed E-state index contributed by atoms with van der Waals surface area (Å²) in [5, 5.41) is 19.6. The molecule has 0 bridgehead atoms. The van der Waals surface area contributed by atoms with E-state index < -0.39 is 18.0 Å². The fourth-order valence-electron chi connectivity index (χ4n) is 3.25. The smallest absolute Gasteiger partial charge is 0.325 e. The topological polar surface area (TPSA) is 101 Å². The van der Waals surface area contributed by atoms with Gasteiger partial charge in [-0.05, 0) is 18.2 Å². The molecule has 0 amide bonds. The van der Waals surface area contributed by atoms with Crippen LogP contribution >= 0.6 is 0 Å². The van der Waals surface area contributed by atoms with Crippen molar-refractivity contribution in [1.29, 1.82) is 0 Å². The standard InChI is InChI=1S/C17H20N2O6/c1-24-11-2-3-14-12(8-11)13(9-19(14)10-15(20)21)16(17(22)23)18-4-6-25-7-5-18/h2-3,8-9,16H,4-7,10H2,1H3,(H,20,21)(H,22,23)/t16-/m1/s1. The van der Waals surface area contributed by atoms with Crippen LogP contribution in [-0.2, 0) is 20.9 Å². The van der Waals surface area contributed by atoms with Crippen LogP contribution in [0.2, 0.25) is 0 Å². The van der Waals surface area contributed by atoms with Crippen molar-refractivity contribution in [3.8, 4) is 5.75 Å². The lowest BCUT2D eigenvalue weighted by Crippen LogP contribution is -2.42. The number of rotatable bonds is 6. The van der Waals surface area contributed by atoms with Gasteiger partial charge in [0, 0.05) is 35.8 Å². The van der Waals surface area contributed by atoms with E-state index in [1.165, 1.54) is 7.11 Å². The number of methoxy groups -OCH3 is 1. The van der Waals surface area contributed by atoms with E-state index in [0.29, 0.717) is 48.5 Å². The average molecular weight is 348 g/mol. The molecule has 0 radical (unpaired) electrons. The maximum Gasteiger partial charge on any atom is 0.325 e. The third kappa shape index (κ3) is 3.45. The Morgan fingerprint density at radius 3 is 2.60 bits per heavy atom. The van der Waals surface area contributed by atoms with Crippen molar-refractivity contribution < 1.29 is 29.3 Å². The van der Waals surface area contributed by atoms with Crippen LogP contribution in [0.3, 0.4) is 0 Å². The molecule has 1 fully saturated rings. The number of carboxylic acid groups (broad SMARTS) is 2. The van der Waals surface area contributed by atoms with Crippen LogP contribution in [0, 0.1) is 0 Å². The van der Waals surface area contributed by atoms with Gasteiger partial charge in [0.05, 0.1) is 20.3 Å². The lowest BCUT2D eigenvalue weighted by Gasteiger charge is -2.31. The fourth-order valence-corrected chi connectivity index (χ4v) is 3.25. The lowest BCUT2D eigenvalue weighted by molar-refractivity contribution is -0.145. The summed E-state index contributed by atoms with van der Waals surface area (Å²) >= 11 is 0. The molecule has 2 aromatic rings. The van der Waals surface area contributed by atoms with Gasteiger partial charge >= 0.3 is 11.9 Å². The zero-order chi connectivity index (χ0) is 18.0. The predicted octanol–water partition coefficient (Wildman–Crippen LogP) is 1.19. The van der Waals surface area contributed by atoms with Crippen LogP contribution in [0.4, 0.5) is 0 Å². The van der Waals surface area contributed by atoms with Crippen molar-refractivity contribution in [3.63, 3.8) is 0 Å². The number of fused-ring (bicyclic) bond motifs is 1. The van der Waals surface area contributed by atoms with Crippen LogP contribution in [0.1, 0.15) is 11.6 Å². The molecular weight excluding hydrogens is 328 g/mol. The van der Waals surface area contributed by atoms with E-state index in [2.05, 4.69) is 0 Å². The quantitative estimate of drug-likeness (QED) is 0.808. The maximum absolute atomic E-state index is 12.0. The van der Waals surface area contributed by atoms with E-state index in [0.717, 1.165) is 0 Å². The van der Waals surface area contributed by atoms with Crippen LogP contribution in [0.25, 0.3) is 10.9 Å². The van der Waals surface area contributed by atoms with Crippen LogP contribution in [0.15, 0.2) is 24.4 Å². The lowest BCUT2D eigenvalue weighted by atomic mass is 10.0. The van der Waals surface area contributed by atoms with Crippen LogP contribution < -0.4 is 4.74 Å². The van der Waals surface area contributed by atoms with Crippen molar-refractivity contribution in [3.05, 3.63) is 30.0 Å². The summed E-state index contributed by atoms with van der Waals surface area (Å²) in [5.41, 5.74) is 1.22. The molecule has 0 aliphatic carbocycles. The second-order valence-corrected chi connectivity index (χ2v) is 5.88. The summed E-state index contributed by atoms with van der Waals surface area (Å²) in [5.74, 6) is -1.37. The highest BCUT2D eigenvalue weighted by Gasteiger charge is 2.31.